The number of carbonyl (C=O) groups is 3. The number of pyridine rings is 2. The average Bonchev–Trinajstić information content (AvgIpc) is 3.39. The molecule has 2 aromatic heterocycles. The number of rotatable bonds is 8. The number of hydrogen-bond acceptors (Lipinski definition) is 8. The Balaban J connectivity index is 1.30. The Bertz CT molecular complexity index is 1960. The first-order chi connectivity index (χ1) is 23.9. The van der Waals surface area contributed by atoms with Crippen LogP contribution in [0.2, 0.25) is 10.0 Å². The number of nitrogens with zero attached hydrogens (tertiary/aromatic N) is 3. The minimum Gasteiger partial charge on any atom is -0.481 e. The van der Waals surface area contributed by atoms with Gasteiger partial charge in [0.05, 0.1) is 35.9 Å². The highest BCUT2D eigenvalue weighted by Gasteiger charge is 2.29. The van der Waals surface area contributed by atoms with E-state index in [1.807, 2.05) is 75.4 Å². The molecule has 0 radical (unpaired) electrons. The second-order valence-corrected chi connectivity index (χ2v) is 14.0. The molecule has 2 aromatic carbocycles. The Labute approximate surface area is 300 Å². The van der Waals surface area contributed by atoms with Crippen molar-refractivity contribution < 1.29 is 23.9 Å². The molecule has 0 aliphatic carbocycles. The summed E-state index contributed by atoms with van der Waals surface area (Å²) < 4.78 is 11.4. The second kappa shape index (κ2) is 14.6. The number of amides is 3. The number of anilines is 1. The molecule has 1 saturated heterocycles. The van der Waals surface area contributed by atoms with E-state index >= 15 is 0 Å². The maximum absolute atomic E-state index is 13.2. The van der Waals surface area contributed by atoms with Crippen molar-refractivity contribution in [1.82, 2.24) is 25.5 Å². The SMILES string of the molecule is COc1nc(-c2cccc(-c3cccc(-c4cnc5c(c4)CNCC(=O)N5)c3Cl)c2Cl)ccc1CN(C[C@@H]1CCC(=O)N1)C(=O)OC(C)(C)C. The van der Waals surface area contributed by atoms with Gasteiger partial charge >= 0.3 is 6.09 Å². The molecule has 50 heavy (non-hydrogen) atoms. The minimum atomic E-state index is -0.696. The molecule has 3 N–H and O–H groups in total. The van der Waals surface area contributed by atoms with Gasteiger partial charge in [-0.25, -0.2) is 14.8 Å². The van der Waals surface area contributed by atoms with Gasteiger partial charge in [0.15, 0.2) is 0 Å². The number of fused-ring (bicyclic) bond motifs is 1. The van der Waals surface area contributed by atoms with Crippen LogP contribution in [0.3, 0.4) is 0 Å². The summed E-state index contributed by atoms with van der Waals surface area (Å²) in [7, 11) is 1.52. The minimum absolute atomic E-state index is 0.0327. The summed E-state index contributed by atoms with van der Waals surface area (Å²) in [5, 5.41) is 9.80. The van der Waals surface area contributed by atoms with Crippen LogP contribution in [0, 0.1) is 0 Å². The lowest BCUT2D eigenvalue weighted by Gasteiger charge is -2.29. The molecule has 6 rings (SSSR count). The van der Waals surface area contributed by atoms with E-state index < -0.39 is 11.7 Å². The van der Waals surface area contributed by atoms with Crippen LogP contribution in [0.25, 0.3) is 33.5 Å². The molecule has 0 bridgehead atoms. The van der Waals surface area contributed by atoms with Gasteiger partial charge in [-0.05, 0) is 45.4 Å². The van der Waals surface area contributed by atoms with Crippen LogP contribution in [0.1, 0.15) is 44.7 Å². The summed E-state index contributed by atoms with van der Waals surface area (Å²) in [6.07, 6.45) is 2.25. The van der Waals surface area contributed by atoms with Gasteiger partial charge < -0.3 is 30.3 Å². The fraction of sp³-hybridized carbons (Fsp3) is 0.324. The van der Waals surface area contributed by atoms with Crippen LogP contribution < -0.4 is 20.7 Å². The highest BCUT2D eigenvalue weighted by molar-refractivity contribution is 6.39. The Morgan fingerprint density at radius 3 is 2.34 bits per heavy atom. The zero-order chi connectivity index (χ0) is 35.6. The van der Waals surface area contributed by atoms with E-state index in [0.29, 0.717) is 63.5 Å². The van der Waals surface area contributed by atoms with Crippen LogP contribution in [-0.4, -0.2) is 64.6 Å². The topological polar surface area (TPSA) is 135 Å². The molecule has 1 fully saturated rings. The highest BCUT2D eigenvalue weighted by atomic mass is 35.5. The third-order valence-electron chi connectivity index (χ3n) is 8.37. The summed E-state index contributed by atoms with van der Waals surface area (Å²) in [4.78, 5) is 47.9. The lowest BCUT2D eigenvalue weighted by atomic mass is 9.96. The van der Waals surface area contributed by atoms with E-state index in [1.54, 1.807) is 11.1 Å². The molecule has 2 aliphatic rings. The van der Waals surface area contributed by atoms with Crippen LogP contribution in [0.15, 0.2) is 60.8 Å². The summed E-state index contributed by atoms with van der Waals surface area (Å²) in [5.41, 5.74) is 5.09. The number of methoxy groups -OCH3 is 1. The molecular formula is C37H38Cl2N6O5. The molecule has 2 aliphatic heterocycles. The van der Waals surface area contributed by atoms with Gasteiger partial charge in [-0.1, -0.05) is 59.6 Å². The van der Waals surface area contributed by atoms with Crippen molar-refractivity contribution >= 4 is 46.9 Å². The molecule has 11 nitrogen and oxygen atoms in total. The predicted octanol–water partition coefficient (Wildman–Crippen LogP) is 6.85. The highest BCUT2D eigenvalue weighted by Crippen LogP contribution is 2.42. The number of hydrogen-bond donors (Lipinski definition) is 3. The summed E-state index contributed by atoms with van der Waals surface area (Å²) >= 11 is 14.2. The van der Waals surface area contributed by atoms with E-state index in [1.165, 1.54) is 7.11 Å². The molecule has 0 spiro atoms. The third kappa shape index (κ3) is 7.85. The molecule has 1 atom stereocenters. The van der Waals surface area contributed by atoms with E-state index in [9.17, 15) is 14.4 Å². The van der Waals surface area contributed by atoms with Crippen molar-refractivity contribution in [1.29, 1.82) is 0 Å². The molecular weight excluding hydrogens is 679 g/mol. The number of carbonyl (C=O) groups excluding carboxylic acids is 3. The Hall–Kier alpha value is -4.71. The van der Waals surface area contributed by atoms with Gasteiger partial charge in [0.25, 0.3) is 0 Å². The van der Waals surface area contributed by atoms with E-state index in [4.69, 9.17) is 37.7 Å². The summed E-state index contributed by atoms with van der Waals surface area (Å²) in [6.45, 7) is 6.58. The van der Waals surface area contributed by atoms with Gasteiger partial charge in [-0.3, -0.25) is 9.59 Å². The van der Waals surface area contributed by atoms with Crippen LogP contribution in [0.4, 0.5) is 10.6 Å². The first kappa shape index (κ1) is 35.1. The Morgan fingerprint density at radius 1 is 0.960 bits per heavy atom. The Morgan fingerprint density at radius 2 is 1.66 bits per heavy atom. The molecule has 3 amide bonds. The van der Waals surface area contributed by atoms with Crippen LogP contribution >= 0.6 is 23.2 Å². The van der Waals surface area contributed by atoms with Gasteiger partial charge in [-0.15, -0.1) is 0 Å². The van der Waals surface area contributed by atoms with Crippen molar-refractivity contribution in [2.45, 2.75) is 58.3 Å². The maximum atomic E-state index is 13.2. The molecule has 260 valence electrons. The monoisotopic (exact) mass is 716 g/mol. The molecule has 4 heterocycles. The van der Waals surface area contributed by atoms with Crippen molar-refractivity contribution in [2.75, 3.05) is 25.5 Å². The third-order valence-corrected chi connectivity index (χ3v) is 9.19. The second-order valence-electron chi connectivity index (χ2n) is 13.2. The molecule has 4 aromatic rings. The zero-order valence-electron chi connectivity index (χ0n) is 28.2. The largest absolute Gasteiger partial charge is 0.481 e. The van der Waals surface area contributed by atoms with Crippen molar-refractivity contribution in [3.05, 3.63) is 82.0 Å². The normalized spacial score (nSPS) is 15.8. The van der Waals surface area contributed by atoms with Gasteiger partial charge in [-0.2, -0.15) is 0 Å². The lowest BCUT2D eigenvalue weighted by molar-refractivity contribution is -0.119. The van der Waals surface area contributed by atoms with Crippen LogP contribution in [0.5, 0.6) is 5.88 Å². The smallest absolute Gasteiger partial charge is 0.410 e. The van der Waals surface area contributed by atoms with E-state index in [-0.39, 0.29) is 37.5 Å². The van der Waals surface area contributed by atoms with Crippen molar-refractivity contribution in [2.24, 2.45) is 0 Å². The van der Waals surface area contributed by atoms with Crippen molar-refractivity contribution in [3.63, 3.8) is 0 Å². The van der Waals surface area contributed by atoms with Crippen molar-refractivity contribution in [3.8, 4) is 39.4 Å². The van der Waals surface area contributed by atoms with Crippen LogP contribution in [-0.2, 0) is 27.4 Å². The predicted molar refractivity (Wildman–Crippen MR) is 193 cm³/mol. The first-order valence-corrected chi connectivity index (χ1v) is 17.0. The fourth-order valence-corrected chi connectivity index (χ4v) is 6.69. The first-order valence-electron chi connectivity index (χ1n) is 16.3. The number of nitrogens with one attached hydrogen (secondary N) is 3. The Kier molecular flexibility index (Phi) is 10.3. The summed E-state index contributed by atoms with van der Waals surface area (Å²) in [5.74, 6) is 0.684. The zero-order valence-corrected chi connectivity index (χ0v) is 29.7. The molecule has 0 unspecified atom stereocenters. The maximum Gasteiger partial charge on any atom is 0.410 e. The standard InChI is InChI=1S/C37H38Cl2N6O5/c1-37(2,3)50-36(48)45(20-24-12-14-30(46)42-24)19-21-11-13-29(43-35(21)49-4)28-10-6-9-27(33(28)39)26-8-5-7-25(32(26)38)22-15-23-16-40-18-31(47)44-34(23)41-17-22/h5-11,13,15,17,24,40H,12,14,16,18-20H2,1-4H3,(H,42,46)(H,41,44,47)/t24-/m0/s1. The summed E-state index contributed by atoms with van der Waals surface area (Å²) in [6, 6.07) is 16.9. The fourth-order valence-electron chi connectivity index (χ4n) is 6.03. The van der Waals surface area contributed by atoms with Gasteiger partial charge in [0, 0.05) is 70.7 Å². The van der Waals surface area contributed by atoms with Gasteiger partial charge in [0.1, 0.15) is 11.4 Å². The number of ether oxygens (including phenoxy) is 2. The number of benzene rings is 2. The quantitative estimate of drug-likeness (QED) is 0.180. The van der Waals surface area contributed by atoms with E-state index in [0.717, 1.165) is 22.3 Å². The lowest BCUT2D eigenvalue weighted by Crippen LogP contribution is -2.43. The number of aromatic nitrogens is 2. The number of halogens is 2. The average molecular weight is 718 g/mol. The van der Waals surface area contributed by atoms with E-state index in [2.05, 4.69) is 20.9 Å². The molecule has 0 saturated carbocycles. The molecule has 13 heteroatoms. The van der Waals surface area contributed by atoms with Gasteiger partial charge in [0.2, 0.25) is 17.7 Å².